The van der Waals surface area contributed by atoms with Crippen molar-refractivity contribution in [2.75, 3.05) is 11.4 Å². The summed E-state index contributed by atoms with van der Waals surface area (Å²) in [5, 5.41) is 0. The van der Waals surface area contributed by atoms with E-state index in [2.05, 4.69) is 13.8 Å². The van der Waals surface area contributed by atoms with Gasteiger partial charge >= 0.3 is 0 Å². The van der Waals surface area contributed by atoms with Gasteiger partial charge in [-0.2, -0.15) is 0 Å². The topological polar surface area (TPSA) is 46.3 Å². The Morgan fingerprint density at radius 1 is 1.22 bits per heavy atom. The fourth-order valence-corrected chi connectivity index (χ4v) is 1.81. The summed E-state index contributed by atoms with van der Waals surface area (Å²) >= 11 is 0. The molecule has 1 aromatic carbocycles. The molecular weight excluding hydrogens is 224 g/mol. The summed E-state index contributed by atoms with van der Waals surface area (Å²) in [5.74, 6) is 0.585. The Morgan fingerprint density at radius 2 is 1.78 bits per heavy atom. The fourth-order valence-electron chi connectivity index (χ4n) is 1.81. The lowest BCUT2D eigenvalue weighted by molar-refractivity contribution is -0.123. The van der Waals surface area contributed by atoms with E-state index in [-0.39, 0.29) is 11.8 Å². The average molecular weight is 248 g/mol. The van der Waals surface area contributed by atoms with Crippen molar-refractivity contribution in [2.24, 2.45) is 17.6 Å². The Morgan fingerprint density at radius 3 is 2.17 bits per heavy atom. The molecule has 0 aromatic heterocycles. The maximum Gasteiger partial charge on any atom is 0.230 e. The molecule has 0 bridgehead atoms. The lowest BCUT2D eigenvalue weighted by Gasteiger charge is -2.26. The zero-order valence-electron chi connectivity index (χ0n) is 11.8. The van der Waals surface area contributed by atoms with Crippen molar-refractivity contribution in [1.29, 1.82) is 0 Å². The maximum atomic E-state index is 12.4. The van der Waals surface area contributed by atoms with Crippen LogP contribution in [0.25, 0.3) is 0 Å². The van der Waals surface area contributed by atoms with E-state index in [1.807, 2.05) is 43.0 Å². The fraction of sp³-hybridized carbons (Fsp3) is 0.533. The molecular formula is C15H24N2O. The van der Waals surface area contributed by atoms with Crippen molar-refractivity contribution in [3.63, 3.8) is 0 Å². The third-order valence-electron chi connectivity index (χ3n) is 3.46. The van der Waals surface area contributed by atoms with E-state index < -0.39 is 0 Å². The van der Waals surface area contributed by atoms with E-state index >= 15 is 0 Å². The Bertz CT molecular complexity index is 384. The SMILES string of the molecule is CCN(C(=O)C(C)C(C)C)c1ccc(CN)cc1. The van der Waals surface area contributed by atoms with Gasteiger partial charge < -0.3 is 10.6 Å². The highest BCUT2D eigenvalue weighted by Gasteiger charge is 2.22. The molecule has 0 fully saturated rings. The predicted octanol–water partition coefficient (Wildman–Crippen LogP) is 2.79. The summed E-state index contributed by atoms with van der Waals surface area (Å²) in [7, 11) is 0. The van der Waals surface area contributed by atoms with Crippen molar-refractivity contribution in [2.45, 2.75) is 34.2 Å². The standard InChI is InChI=1S/C15H24N2O/c1-5-17(15(18)12(4)11(2)3)14-8-6-13(10-16)7-9-14/h6-9,11-12H,5,10,16H2,1-4H3. The predicted molar refractivity (Wildman–Crippen MR) is 76.4 cm³/mol. The molecule has 0 aliphatic heterocycles. The van der Waals surface area contributed by atoms with Crippen LogP contribution < -0.4 is 10.6 Å². The zero-order valence-corrected chi connectivity index (χ0v) is 11.8. The summed E-state index contributed by atoms with van der Waals surface area (Å²) in [6.07, 6.45) is 0. The van der Waals surface area contributed by atoms with Gasteiger partial charge in [0, 0.05) is 24.7 Å². The van der Waals surface area contributed by atoms with Crippen LogP contribution in [-0.4, -0.2) is 12.5 Å². The first-order chi connectivity index (χ1) is 8.51. The van der Waals surface area contributed by atoms with Crippen molar-refractivity contribution in [1.82, 2.24) is 0 Å². The molecule has 0 heterocycles. The van der Waals surface area contributed by atoms with Crippen LogP contribution in [0.4, 0.5) is 5.69 Å². The third-order valence-corrected chi connectivity index (χ3v) is 3.46. The number of anilines is 1. The average Bonchev–Trinajstić information content (AvgIpc) is 2.39. The number of hydrogen-bond acceptors (Lipinski definition) is 2. The molecule has 1 rings (SSSR count). The van der Waals surface area contributed by atoms with Crippen molar-refractivity contribution in [3.8, 4) is 0 Å². The Labute approximate surface area is 110 Å². The van der Waals surface area contributed by atoms with E-state index in [0.29, 0.717) is 19.0 Å². The van der Waals surface area contributed by atoms with Gasteiger partial charge in [0.15, 0.2) is 0 Å². The van der Waals surface area contributed by atoms with E-state index in [4.69, 9.17) is 5.73 Å². The van der Waals surface area contributed by atoms with Gasteiger partial charge in [0.05, 0.1) is 0 Å². The zero-order chi connectivity index (χ0) is 13.7. The lowest BCUT2D eigenvalue weighted by atomic mass is 9.96. The molecule has 2 N–H and O–H groups in total. The number of hydrogen-bond donors (Lipinski definition) is 1. The second-order valence-electron chi connectivity index (χ2n) is 4.99. The highest BCUT2D eigenvalue weighted by Crippen LogP contribution is 2.20. The summed E-state index contributed by atoms with van der Waals surface area (Å²) in [6.45, 7) is 9.37. The van der Waals surface area contributed by atoms with Crippen LogP contribution in [-0.2, 0) is 11.3 Å². The third kappa shape index (κ3) is 3.33. The normalized spacial score (nSPS) is 12.6. The monoisotopic (exact) mass is 248 g/mol. The number of amides is 1. The first kappa shape index (κ1) is 14.7. The summed E-state index contributed by atoms with van der Waals surface area (Å²) in [4.78, 5) is 14.2. The highest BCUT2D eigenvalue weighted by atomic mass is 16.2. The molecule has 3 heteroatoms. The molecule has 3 nitrogen and oxygen atoms in total. The molecule has 0 aliphatic rings. The minimum atomic E-state index is 0.0409. The quantitative estimate of drug-likeness (QED) is 0.871. The summed E-state index contributed by atoms with van der Waals surface area (Å²) in [6, 6.07) is 7.89. The van der Waals surface area contributed by atoms with Crippen molar-refractivity contribution >= 4 is 11.6 Å². The number of benzene rings is 1. The molecule has 1 aromatic rings. The molecule has 0 spiro atoms. The number of carbonyl (C=O) groups excluding carboxylic acids is 1. The Hall–Kier alpha value is -1.35. The van der Waals surface area contributed by atoms with Crippen LogP contribution in [0.2, 0.25) is 0 Å². The van der Waals surface area contributed by atoms with Crippen LogP contribution >= 0.6 is 0 Å². The van der Waals surface area contributed by atoms with Crippen molar-refractivity contribution in [3.05, 3.63) is 29.8 Å². The van der Waals surface area contributed by atoms with Gasteiger partial charge in [-0.05, 0) is 30.5 Å². The molecule has 18 heavy (non-hydrogen) atoms. The second kappa shape index (κ2) is 6.55. The van der Waals surface area contributed by atoms with Gasteiger partial charge in [-0.1, -0.05) is 32.9 Å². The van der Waals surface area contributed by atoms with Gasteiger partial charge in [-0.25, -0.2) is 0 Å². The summed E-state index contributed by atoms with van der Waals surface area (Å²) < 4.78 is 0. The molecule has 1 amide bonds. The first-order valence-corrected chi connectivity index (χ1v) is 6.61. The number of nitrogens with zero attached hydrogens (tertiary/aromatic N) is 1. The van der Waals surface area contributed by atoms with Gasteiger partial charge in [0.1, 0.15) is 0 Å². The van der Waals surface area contributed by atoms with E-state index in [1.165, 1.54) is 0 Å². The number of rotatable bonds is 5. The van der Waals surface area contributed by atoms with E-state index in [0.717, 1.165) is 11.3 Å². The first-order valence-electron chi connectivity index (χ1n) is 6.61. The largest absolute Gasteiger partial charge is 0.326 e. The Kier molecular flexibility index (Phi) is 5.35. The van der Waals surface area contributed by atoms with Crippen LogP contribution in [0, 0.1) is 11.8 Å². The van der Waals surface area contributed by atoms with Gasteiger partial charge in [0.2, 0.25) is 5.91 Å². The van der Waals surface area contributed by atoms with E-state index in [9.17, 15) is 4.79 Å². The minimum absolute atomic E-state index is 0.0409. The second-order valence-corrected chi connectivity index (χ2v) is 4.99. The van der Waals surface area contributed by atoms with Crippen molar-refractivity contribution < 1.29 is 4.79 Å². The van der Waals surface area contributed by atoms with E-state index in [1.54, 1.807) is 0 Å². The smallest absolute Gasteiger partial charge is 0.230 e. The molecule has 100 valence electrons. The molecule has 0 saturated carbocycles. The summed E-state index contributed by atoms with van der Waals surface area (Å²) in [5.41, 5.74) is 7.61. The van der Waals surface area contributed by atoms with Crippen LogP contribution in [0.1, 0.15) is 33.3 Å². The number of carbonyl (C=O) groups is 1. The van der Waals surface area contributed by atoms with Crippen LogP contribution in [0.3, 0.4) is 0 Å². The molecule has 1 atom stereocenters. The van der Waals surface area contributed by atoms with Gasteiger partial charge in [0.25, 0.3) is 0 Å². The molecule has 1 unspecified atom stereocenters. The lowest BCUT2D eigenvalue weighted by Crippen LogP contribution is -2.36. The minimum Gasteiger partial charge on any atom is -0.326 e. The Balaban J connectivity index is 2.91. The molecule has 0 aliphatic carbocycles. The van der Waals surface area contributed by atoms with Gasteiger partial charge in [-0.3, -0.25) is 4.79 Å². The number of nitrogens with two attached hydrogens (primary N) is 1. The van der Waals surface area contributed by atoms with Gasteiger partial charge in [-0.15, -0.1) is 0 Å². The molecule has 0 saturated heterocycles. The maximum absolute atomic E-state index is 12.4. The molecule has 0 radical (unpaired) electrons. The van der Waals surface area contributed by atoms with Crippen LogP contribution in [0.5, 0.6) is 0 Å². The van der Waals surface area contributed by atoms with Crippen LogP contribution in [0.15, 0.2) is 24.3 Å². The highest BCUT2D eigenvalue weighted by molar-refractivity contribution is 5.94.